The molecule has 19 heteroatoms. The lowest BCUT2D eigenvalue weighted by atomic mass is 9.82. The molecule has 2 saturated carbocycles. The summed E-state index contributed by atoms with van der Waals surface area (Å²) in [6, 6.07) is 27.2. The highest BCUT2D eigenvalue weighted by Gasteiger charge is 2.30. The summed E-state index contributed by atoms with van der Waals surface area (Å²) >= 11 is 1.47. The van der Waals surface area contributed by atoms with Crippen molar-refractivity contribution >= 4 is 62.6 Å². The average molecular weight is 1160 g/mol. The fourth-order valence-electron chi connectivity index (χ4n) is 9.42. The number of esters is 4. The molecule has 4 aromatic carbocycles. The first-order valence-electron chi connectivity index (χ1n) is 28.7. The van der Waals surface area contributed by atoms with Crippen molar-refractivity contribution in [2.75, 3.05) is 44.7 Å². The number of ether oxygens (including phenoxy) is 6. The number of hydrogen-bond acceptors (Lipinski definition) is 19. The molecule has 0 spiro atoms. The van der Waals surface area contributed by atoms with Gasteiger partial charge in [-0.2, -0.15) is 14.9 Å². The molecule has 1 heterocycles. The number of carbonyl (C=O) groups excluding carboxylic acids is 4. The van der Waals surface area contributed by atoms with Gasteiger partial charge in [0.15, 0.2) is 17.7 Å². The summed E-state index contributed by atoms with van der Waals surface area (Å²) in [7, 11) is 0. The highest BCUT2D eigenvalue weighted by atomic mass is 32.1. The molecule has 0 aliphatic heterocycles. The van der Waals surface area contributed by atoms with Gasteiger partial charge in [-0.3, -0.25) is 9.59 Å². The van der Waals surface area contributed by atoms with E-state index in [0.717, 1.165) is 99.1 Å². The molecule has 5 aromatic rings. The summed E-state index contributed by atoms with van der Waals surface area (Å²) in [6.07, 6.45) is 16.2. The Bertz CT molecular complexity index is 2890. The van der Waals surface area contributed by atoms with Crippen LogP contribution in [-0.4, -0.2) is 86.8 Å². The van der Waals surface area contributed by atoms with Gasteiger partial charge < -0.3 is 38.2 Å². The number of anilines is 1. The van der Waals surface area contributed by atoms with Crippen molar-refractivity contribution < 1.29 is 67.1 Å². The number of benzene rings is 4. The zero-order valence-electron chi connectivity index (χ0n) is 47.4. The van der Waals surface area contributed by atoms with Crippen LogP contribution in [0.25, 0.3) is 10.2 Å². The predicted octanol–water partition coefficient (Wildman–Crippen LogP) is 13.1. The Balaban J connectivity index is 0.861. The normalized spacial score (nSPS) is 17.1. The smallest absolute Gasteiger partial charge is 0.330 e. The lowest BCUT2D eigenvalue weighted by Crippen LogP contribution is -2.27. The Morgan fingerprint density at radius 1 is 0.627 bits per heavy atom. The Morgan fingerprint density at radius 3 is 1.66 bits per heavy atom. The van der Waals surface area contributed by atoms with E-state index < -0.39 is 18.1 Å². The molecule has 442 valence electrons. The van der Waals surface area contributed by atoms with E-state index in [0.29, 0.717) is 98.2 Å². The number of thiazole rings is 1. The van der Waals surface area contributed by atoms with E-state index in [9.17, 15) is 19.2 Å². The van der Waals surface area contributed by atoms with Crippen molar-refractivity contribution in [1.82, 2.24) is 4.98 Å². The van der Waals surface area contributed by atoms with Gasteiger partial charge in [0.25, 0.3) is 0 Å². The van der Waals surface area contributed by atoms with Gasteiger partial charge in [-0.15, -0.1) is 0 Å². The standard InChI is InChI=1S/C64H76N4O14S/c1-5-60(69)75-40-16-10-8-14-38-73-52-28-32-54(33-29-52)79-62(71)49-24-22-48(23-25-49)45-78-82-58-37-36-56(42-51(58)43-66-68(46(4)65-7-3)64-67-57-18-12-13-19-59(57)83-64)80-63(72)50-26-20-47(21-27-50)44-77-81-55-34-30-53(31-35-55)74-39-15-9-11-17-41-76-61(70)6-2/h5-6,12-13,18-19,28-37,42-43,46-50H,1-3,8-11,14-17,20-27,38-41,44-45H2,4H3/b66-43+. The van der Waals surface area contributed by atoms with Crippen LogP contribution in [-0.2, 0) is 38.4 Å². The molecule has 7 rings (SSSR count). The summed E-state index contributed by atoms with van der Waals surface area (Å²) in [5.74, 6) is 4.20. The van der Waals surface area contributed by atoms with Gasteiger partial charge in [0.1, 0.15) is 23.0 Å². The number of unbranched alkanes of at least 4 members (excludes halogenated alkanes) is 6. The van der Waals surface area contributed by atoms with Gasteiger partial charge in [-0.05, 0) is 213 Å². The first-order valence-corrected chi connectivity index (χ1v) is 29.5. The minimum absolute atomic E-state index is 0.144. The van der Waals surface area contributed by atoms with E-state index in [4.69, 9.17) is 58.1 Å². The van der Waals surface area contributed by atoms with E-state index >= 15 is 0 Å². The predicted molar refractivity (Wildman–Crippen MR) is 317 cm³/mol. The third-order valence-corrected chi connectivity index (χ3v) is 15.2. The van der Waals surface area contributed by atoms with Crippen molar-refractivity contribution in [3.63, 3.8) is 0 Å². The van der Waals surface area contributed by atoms with E-state index in [1.54, 1.807) is 65.8 Å². The van der Waals surface area contributed by atoms with E-state index in [1.807, 2.05) is 43.3 Å². The summed E-state index contributed by atoms with van der Waals surface area (Å²) < 4.78 is 34.5. The molecule has 1 atom stereocenters. The number of fused-ring (bicyclic) bond motifs is 1. The minimum Gasteiger partial charge on any atom is -0.494 e. The minimum atomic E-state index is -0.512. The van der Waals surface area contributed by atoms with Gasteiger partial charge in [0.05, 0.1) is 67.9 Å². The number of carbonyl (C=O) groups is 4. The number of hydrogen-bond donors (Lipinski definition) is 0. The average Bonchev–Trinajstić information content (AvgIpc) is 4.16. The molecule has 0 radical (unpaired) electrons. The molecular weight excluding hydrogens is 1080 g/mol. The highest BCUT2D eigenvalue weighted by Crippen LogP contribution is 2.35. The highest BCUT2D eigenvalue weighted by molar-refractivity contribution is 7.22. The molecule has 2 fully saturated rings. The molecular formula is C64H76N4O14S. The summed E-state index contributed by atoms with van der Waals surface area (Å²) in [5.41, 5.74) is 1.31. The van der Waals surface area contributed by atoms with Crippen LogP contribution in [0.2, 0.25) is 0 Å². The molecule has 0 N–H and O–H groups in total. The third-order valence-electron chi connectivity index (χ3n) is 14.2. The van der Waals surface area contributed by atoms with Crippen LogP contribution in [0.3, 0.4) is 0 Å². The Morgan fingerprint density at radius 2 is 1.12 bits per heavy atom. The van der Waals surface area contributed by atoms with Crippen molar-refractivity contribution in [2.24, 2.45) is 33.8 Å². The van der Waals surface area contributed by atoms with E-state index in [2.05, 4.69) is 30.6 Å². The molecule has 83 heavy (non-hydrogen) atoms. The second-order valence-corrected chi connectivity index (χ2v) is 21.4. The fraction of sp³-hybridized carbons (Fsp3) is 0.438. The van der Waals surface area contributed by atoms with Crippen LogP contribution in [0.5, 0.6) is 34.5 Å². The molecule has 2 aliphatic carbocycles. The topological polar surface area (TPSA) is 201 Å². The maximum Gasteiger partial charge on any atom is 0.330 e. The quantitative estimate of drug-likeness (QED) is 0.00704. The van der Waals surface area contributed by atoms with Gasteiger partial charge in [-0.25, -0.2) is 24.6 Å². The van der Waals surface area contributed by atoms with E-state index in [-0.39, 0.29) is 42.2 Å². The van der Waals surface area contributed by atoms with Crippen LogP contribution in [0.1, 0.15) is 115 Å². The molecule has 18 nitrogen and oxygen atoms in total. The van der Waals surface area contributed by atoms with E-state index in [1.165, 1.54) is 17.4 Å². The molecule has 1 aromatic heterocycles. The van der Waals surface area contributed by atoms with Crippen molar-refractivity contribution in [2.45, 2.75) is 116 Å². The van der Waals surface area contributed by atoms with Gasteiger partial charge in [-0.1, -0.05) is 36.6 Å². The second-order valence-electron chi connectivity index (χ2n) is 20.4. The van der Waals surface area contributed by atoms with Gasteiger partial charge in [0, 0.05) is 17.7 Å². The second kappa shape index (κ2) is 34.6. The van der Waals surface area contributed by atoms with Gasteiger partial charge in [0.2, 0.25) is 5.13 Å². The maximum atomic E-state index is 13.7. The lowest BCUT2D eigenvalue weighted by molar-refractivity contribution is -0.218. The van der Waals surface area contributed by atoms with Crippen LogP contribution in [0.4, 0.5) is 5.13 Å². The summed E-state index contributed by atoms with van der Waals surface area (Å²) in [4.78, 5) is 81.4. The SMILES string of the molecule is C=C=NC(C)N(/N=C/c1cc(OC(=O)C2CCC(COOc3ccc(OCCCCCCOC(=O)C=C)cc3)CC2)ccc1OOCC1CCC(C(=O)Oc2ccc(OCCCCCCOC(=O)C=C)cc2)CC1)c1nc2ccccc2s1. The molecule has 0 saturated heterocycles. The number of rotatable bonds is 35. The Kier molecular flexibility index (Phi) is 26.1. The summed E-state index contributed by atoms with van der Waals surface area (Å²) in [6.45, 7) is 14.9. The molecule has 1 unspecified atom stereocenters. The largest absolute Gasteiger partial charge is 0.494 e. The first-order chi connectivity index (χ1) is 40.6. The lowest BCUT2D eigenvalue weighted by Gasteiger charge is -2.27. The molecule has 0 amide bonds. The number of para-hydroxylation sites is 1. The van der Waals surface area contributed by atoms with Crippen LogP contribution < -0.4 is 33.7 Å². The number of hydrazone groups is 1. The number of aliphatic imine (C=N–C) groups is 1. The van der Waals surface area contributed by atoms with Crippen LogP contribution in [0.15, 0.2) is 133 Å². The summed E-state index contributed by atoms with van der Waals surface area (Å²) in [5, 5.41) is 7.11. The maximum absolute atomic E-state index is 13.7. The monoisotopic (exact) mass is 1160 g/mol. The van der Waals surface area contributed by atoms with Crippen molar-refractivity contribution in [3.05, 3.63) is 128 Å². The Hall–Kier alpha value is -7.83. The zero-order valence-corrected chi connectivity index (χ0v) is 48.2. The van der Waals surface area contributed by atoms with Crippen LogP contribution in [0, 0.1) is 23.7 Å². The van der Waals surface area contributed by atoms with Gasteiger partial charge >= 0.3 is 23.9 Å². The number of aromatic nitrogens is 1. The van der Waals surface area contributed by atoms with Crippen molar-refractivity contribution in [3.8, 4) is 34.5 Å². The Labute approximate surface area is 489 Å². The fourth-order valence-corrected chi connectivity index (χ4v) is 10.4. The first kappa shape index (κ1) is 62.8. The number of nitrogens with zero attached hydrogens (tertiary/aromatic N) is 4. The van der Waals surface area contributed by atoms with Crippen molar-refractivity contribution in [1.29, 1.82) is 0 Å². The zero-order chi connectivity index (χ0) is 58.4. The van der Waals surface area contributed by atoms with Crippen LogP contribution >= 0.6 is 11.3 Å². The molecule has 0 bridgehead atoms. The third kappa shape index (κ3) is 21.5. The molecule has 2 aliphatic rings.